The Kier molecular flexibility index (Phi) is 4.62. The van der Waals surface area contributed by atoms with E-state index in [0.29, 0.717) is 31.4 Å². The number of aromatic nitrogens is 2. The van der Waals surface area contributed by atoms with Crippen molar-refractivity contribution in [3.05, 3.63) is 11.7 Å². The molecule has 1 unspecified atom stereocenters. The summed E-state index contributed by atoms with van der Waals surface area (Å²) in [6.45, 7) is 1.33. The molecular weight excluding hydrogens is 344 g/mol. The number of hydrogen-bond acceptors (Lipinski definition) is 7. The molecule has 0 aromatic carbocycles. The monoisotopic (exact) mass is 370 g/mol. The number of ether oxygens (including phenoxy) is 1. The van der Waals surface area contributed by atoms with Gasteiger partial charge in [-0.25, -0.2) is 8.42 Å². The Hall–Kier alpha value is -0.990. The summed E-state index contributed by atoms with van der Waals surface area (Å²) in [7, 11) is -3.49. The molecule has 2 heterocycles. The molecule has 0 radical (unpaired) electrons. The third kappa shape index (κ3) is 3.75. The predicted octanol–water partition coefficient (Wildman–Crippen LogP) is 1.82. The Morgan fingerprint density at radius 3 is 2.48 bits per heavy atom. The first-order chi connectivity index (χ1) is 11.9. The Labute approximate surface area is 148 Å². The van der Waals surface area contributed by atoms with Gasteiger partial charge >= 0.3 is 0 Å². The van der Waals surface area contributed by atoms with Gasteiger partial charge in [0.1, 0.15) is 5.75 Å². The lowest BCUT2D eigenvalue weighted by Gasteiger charge is -2.48. The molecule has 1 N–H and O–H groups in total. The topological polar surface area (TPSA) is 103 Å². The van der Waals surface area contributed by atoms with Crippen molar-refractivity contribution in [3.63, 3.8) is 0 Å². The van der Waals surface area contributed by atoms with Crippen molar-refractivity contribution >= 4 is 9.84 Å². The average Bonchev–Trinajstić information content (AvgIpc) is 3.03. The number of rotatable bonds is 5. The van der Waals surface area contributed by atoms with Crippen LogP contribution in [0.2, 0.25) is 0 Å². The van der Waals surface area contributed by atoms with Gasteiger partial charge in [0.2, 0.25) is 5.89 Å². The van der Waals surface area contributed by atoms with Crippen LogP contribution in [0.1, 0.15) is 62.6 Å². The molecule has 2 bridgehead atoms. The second kappa shape index (κ2) is 6.63. The van der Waals surface area contributed by atoms with Crippen molar-refractivity contribution in [1.29, 1.82) is 0 Å². The fourth-order valence-electron chi connectivity index (χ4n) is 4.81. The zero-order valence-corrected chi connectivity index (χ0v) is 15.2. The van der Waals surface area contributed by atoms with Crippen molar-refractivity contribution in [1.82, 2.24) is 10.1 Å². The Morgan fingerprint density at radius 1 is 1.12 bits per heavy atom. The number of sulfone groups is 1. The molecule has 7 nitrogen and oxygen atoms in total. The molecular formula is C17H26N2O5S. The highest BCUT2D eigenvalue weighted by Gasteiger charge is 2.48. The van der Waals surface area contributed by atoms with Crippen LogP contribution in [0.3, 0.4) is 0 Å². The second-order valence-corrected chi connectivity index (χ2v) is 10.1. The van der Waals surface area contributed by atoms with Gasteiger partial charge in [0.15, 0.2) is 15.7 Å². The quantitative estimate of drug-likeness (QED) is 0.843. The minimum absolute atomic E-state index is 0.107. The number of nitrogens with zero attached hydrogens (tertiary/aromatic N) is 2. The first-order valence-electron chi connectivity index (χ1n) is 9.26. The van der Waals surface area contributed by atoms with Crippen LogP contribution < -0.4 is 0 Å². The fourth-order valence-corrected chi connectivity index (χ4v) is 6.54. The van der Waals surface area contributed by atoms with E-state index in [-0.39, 0.29) is 29.2 Å². The summed E-state index contributed by atoms with van der Waals surface area (Å²) in [5, 5.41) is 14.8. The first-order valence-corrected chi connectivity index (χ1v) is 11.1. The molecule has 0 amide bonds. The van der Waals surface area contributed by atoms with Gasteiger partial charge in [0.05, 0.1) is 11.4 Å². The summed E-state index contributed by atoms with van der Waals surface area (Å²) in [4.78, 5) is 4.29. The van der Waals surface area contributed by atoms with Crippen LogP contribution in [-0.2, 0) is 20.3 Å². The van der Waals surface area contributed by atoms with Crippen LogP contribution in [0.5, 0.6) is 0 Å². The smallest absolute Gasteiger partial charge is 0.229 e. The molecule has 1 aliphatic heterocycles. The maximum Gasteiger partial charge on any atom is 0.229 e. The summed E-state index contributed by atoms with van der Waals surface area (Å²) >= 11 is 0. The largest absolute Gasteiger partial charge is 0.389 e. The summed E-state index contributed by atoms with van der Waals surface area (Å²) in [5.41, 5.74) is -1.08. The first kappa shape index (κ1) is 17.4. The van der Waals surface area contributed by atoms with Crippen molar-refractivity contribution in [2.45, 2.75) is 62.2 Å². The minimum Gasteiger partial charge on any atom is -0.389 e. The molecule has 3 aliphatic carbocycles. The van der Waals surface area contributed by atoms with Gasteiger partial charge in [0, 0.05) is 19.1 Å². The molecule has 4 fully saturated rings. The van der Waals surface area contributed by atoms with Gasteiger partial charge in [-0.3, -0.25) is 0 Å². The van der Waals surface area contributed by atoms with E-state index in [0.717, 1.165) is 38.5 Å². The summed E-state index contributed by atoms with van der Waals surface area (Å²) < 4.78 is 35.9. The second-order valence-electron chi connectivity index (χ2n) is 7.99. The molecule has 0 spiro atoms. The normalized spacial score (nSPS) is 33.6. The average molecular weight is 370 g/mol. The number of aliphatic hydroxyl groups is 1. The molecule has 5 rings (SSSR count). The van der Waals surface area contributed by atoms with Crippen LogP contribution in [0.4, 0.5) is 0 Å². The van der Waals surface area contributed by atoms with E-state index in [9.17, 15) is 13.5 Å². The lowest BCUT2D eigenvalue weighted by molar-refractivity contribution is -0.0801. The van der Waals surface area contributed by atoms with Crippen molar-refractivity contribution in [3.8, 4) is 0 Å². The number of fused-ring (bicyclic) bond motifs is 3. The molecule has 8 heteroatoms. The zero-order chi connectivity index (χ0) is 17.5. The van der Waals surface area contributed by atoms with Crippen molar-refractivity contribution in [2.75, 3.05) is 19.0 Å². The van der Waals surface area contributed by atoms with Gasteiger partial charge in [0.25, 0.3) is 0 Å². The standard InChI is InChI=1S/C17H26N2O5S/c20-17(9-12-1-3-14(17)4-2-12)11-25(21,22)10-15-18-16(24-19-15)13-5-7-23-8-6-13/h12-14,20H,1-11H2. The molecule has 4 aliphatic rings. The fraction of sp³-hybridized carbons (Fsp3) is 0.882. The van der Waals surface area contributed by atoms with Gasteiger partial charge in [-0.2, -0.15) is 4.98 Å². The van der Waals surface area contributed by atoms with Crippen molar-refractivity contribution in [2.24, 2.45) is 11.8 Å². The van der Waals surface area contributed by atoms with Gasteiger partial charge in [-0.1, -0.05) is 5.16 Å². The minimum atomic E-state index is -3.49. The van der Waals surface area contributed by atoms with Crippen molar-refractivity contribution < 1.29 is 22.8 Å². The lowest BCUT2D eigenvalue weighted by atomic mass is 9.63. The Bertz CT molecular complexity index is 704. The molecule has 140 valence electrons. The maximum absolute atomic E-state index is 12.6. The van der Waals surface area contributed by atoms with E-state index in [2.05, 4.69) is 10.1 Å². The van der Waals surface area contributed by atoms with Crippen LogP contribution in [0, 0.1) is 11.8 Å². The third-order valence-electron chi connectivity index (χ3n) is 6.12. The lowest BCUT2D eigenvalue weighted by Crippen LogP contribution is -2.51. The van der Waals surface area contributed by atoms with E-state index >= 15 is 0 Å². The van der Waals surface area contributed by atoms with Gasteiger partial charge < -0.3 is 14.4 Å². The predicted molar refractivity (Wildman–Crippen MR) is 89.6 cm³/mol. The SMILES string of the molecule is O=S(=O)(Cc1noc(C2CCOCC2)n1)CC1(O)CC2CCC1CC2. The highest BCUT2D eigenvalue weighted by molar-refractivity contribution is 7.90. The molecule has 1 aromatic rings. The van der Waals surface area contributed by atoms with E-state index in [1.807, 2.05) is 0 Å². The highest BCUT2D eigenvalue weighted by atomic mass is 32.2. The number of hydrogen-bond donors (Lipinski definition) is 1. The van der Waals surface area contributed by atoms with Gasteiger partial charge in [-0.15, -0.1) is 0 Å². The molecule has 1 aromatic heterocycles. The third-order valence-corrected chi connectivity index (χ3v) is 7.76. The molecule has 3 saturated carbocycles. The van der Waals surface area contributed by atoms with Crippen LogP contribution in [0.15, 0.2) is 4.52 Å². The Balaban J connectivity index is 1.42. The van der Waals surface area contributed by atoms with E-state index in [1.54, 1.807) is 0 Å². The summed E-state index contributed by atoms with van der Waals surface area (Å²) in [6.07, 6.45) is 6.35. The maximum atomic E-state index is 12.6. The zero-order valence-electron chi connectivity index (χ0n) is 14.4. The van der Waals surface area contributed by atoms with E-state index < -0.39 is 15.4 Å². The summed E-state index contributed by atoms with van der Waals surface area (Å²) in [6, 6.07) is 0. The van der Waals surface area contributed by atoms with E-state index in [1.165, 1.54) is 0 Å². The summed E-state index contributed by atoms with van der Waals surface area (Å²) in [5.74, 6) is 0.971. The molecule has 1 atom stereocenters. The Morgan fingerprint density at radius 2 is 1.84 bits per heavy atom. The molecule has 25 heavy (non-hydrogen) atoms. The van der Waals surface area contributed by atoms with Crippen LogP contribution in [0.25, 0.3) is 0 Å². The van der Waals surface area contributed by atoms with Crippen LogP contribution >= 0.6 is 0 Å². The van der Waals surface area contributed by atoms with Gasteiger partial charge in [-0.05, 0) is 56.8 Å². The van der Waals surface area contributed by atoms with E-state index in [4.69, 9.17) is 9.26 Å². The highest BCUT2D eigenvalue weighted by Crippen LogP contribution is 2.48. The molecule has 1 saturated heterocycles. The van der Waals surface area contributed by atoms with Crippen LogP contribution in [-0.4, -0.2) is 48.2 Å².